The first-order chi connectivity index (χ1) is 11.1. The molecule has 2 amide bonds. The van der Waals surface area contributed by atoms with E-state index in [9.17, 15) is 9.59 Å². The van der Waals surface area contributed by atoms with Crippen molar-refractivity contribution < 1.29 is 14.8 Å². The largest absolute Gasteiger partial charge is 0.337 e. The third-order valence-corrected chi connectivity index (χ3v) is 5.20. The van der Waals surface area contributed by atoms with Gasteiger partial charge in [-0.25, -0.2) is 5.48 Å². The first-order valence-electron chi connectivity index (χ1n) is 7.46. The van der Waals surface area contributed by atoms with E-state index in [1.54, 1.807) is 11.5 Å². The van der Waals surface area contributed by atoms with Crippen LogP contribution in [0, 0.1) is 6.92 Å². The summed E-state index contributed by atoms with van der Waals surface area (Å²) in [5.41, 5.74) is 4.93. The molecule has 6 heteroatoms. The lowest BCUT2D eigenvalue weighted by Crippen LogP contribution is -2.36. The summed E-state index contributed by atoms with van der Waals surface area (Å²) in [4.78, 5) is 27.3. The van der Waals surface area contributed by atoms with E-state index in [4.69, 9.17) is 5.21 Å². The van der Waals surface area contributed by atoms with Crippen LogP contribution in [0.15, 0.2) is 30.3 Å². The number of aryl methyl sites for hydroxylation is 1. The molecule has 0 saturated carbocycles. The maximum Gasteiger partial charge on any atom is 0.284 e. The third-order valence-electron chi connectivity index (χ3n) is 4.04. The summed E-state index contributed by atoms with van der Waals surface area (Å²) in [6, 6.07) is 9.79. The second kappa shape index (κ2) is 6.52. The average Bonchev–Trinajstić information content (AvgIpc) is 2.99. The second-order valence-electron chi connectivity index (χ2n) is 5.73. The number of hydrogen-bond donors (Lipinski definition) is 2. The van der Waals surface area contributed by atoms with Crippen LogP contribution < -0.4 is 5.48 Å². The highest BCUT2D eigenvalue weighted by molar-refractivity contribution is 7.14. The molecule has 0 bridgehead atoms. The molecule has 1 aliphatic rings. The Bertz CT molecular complexity index is 737. The predicted octanol–water partition coefficient (Wildman–Crippen LogP) is 2.30. The molecule has 1 aromatic heterocycles. The summed E-state index contributed by atoms with van der Waals surface area (Å²) in [5, 5.41) is 8.72. The van der Waals surface area contributed by atoms with Crippen LogP contribution in [-0.2, 0) is 24.2 Å². The van der Waals surface area contributed by atoms with Crippen LogP contribution >= 0.6 is 11.3 Å². The molecular formula is C17H18N2O3S. The van der Waals surface area contributed by atoms with Crippen molar-refractivity contribution in [2.45, 2.75) is 26.3 Å². The fourth-order valence-electron chi connectivity index (χ4n) is 2.69. The number of fused-ring (bicyclic) bond motifs is 1. The number of hydroxylamine groups is 1. The molecular weight excluding hydrogens is 312 g/mol. The number of amides is 2. The van der Waals surface area contributed by atoms with Crippen molar-refractivity contribution in [3.63, 3.8) is 0 Å². The first-order valence-corrected chi connectivity index (χ1v) is 8.28. The molecule has 23 heavy (non-hydrogen) atoms. The molecule has 0 unspecified atom stereocenters. The minimum atomic E-state index is -0.498. The summed E-state index contributed by atoms with van der Waals surface area (Å²) >= 11 is 1.33. The van der Waals surface area contributed by atoms with Crippen molar-refractivity contribution in [2.24, 2.45) is 0 Å². The average molecular weight is 330 g/mol. The summed E-state index contributed by atoms with van der Waals surface area (Å²) in [6.07, 6.45) is 1.13. The minimum Gasteiger partial charge on any atom is -0.337 e. The fraction of sp³-hybridized carbons (Fsp3) is 0.294. The van der Waals surface area contributed by atoms with Gasteiger partial charge in [-0.15, -0.1) is 11.3 Å². The number of benzene rings is 1. The van der Waals surface area contributed by atoms with Gasteiger partial charge in [-0.05, 0) is 30.5 Å². The first kappa shape index (κ1) is 15.7. The Morgan fingerprint density at radius 1 is 1.30 bits per heavy atom. The van der Waals surface area contributed by atoms with Crippen molar-refractivity contribution in [3.05, 3.63) is 56.8 Å². The third kappa shape index (κ3) is 3.43. The molecule has 0 radical (unpaired) electrons. The van der Waals surface area contributed by atoms with Crippen LogP contribution in [0.25, 0.3) is 0 Å². The summed E-state index contributed by atoms with van der Waals surface area (Å²) in [7, 11) is 0. The highest BCUT2D eigenvalue weighted by atomic mass is 32.1. The van der Waals surface area contributed by atoms with Crippen LogP contribution in [0.3, 0.4) is 0 Å². The zero-order valence-electron chi connectivity index (χ0n) is 12.8. The lowest BCUT2D eigenvalue weighted by Gasteiger charge is -2.27. The smallest absolute Gasteiger partial charge is 0.284 e. The van der Waals surface area contributed by atoms with Gasteiger partial charge in [0.2, 0.25) is 5.91 Å². The zero-order chi connectivity index (χ0) is 16.4. The molecule has 0 saturated heterocycles. The highest BCUT2D eigenvalue weighted by Gasteiger charge is 2.24. The Kier molecular flexibility index (Phi) is 4.45. The molecule has 2 N–H and O–H groups in total. The Labute approximate surface area is 138 Å². The minimum absolute atomic E-state index is 0.0982. The van der Waals surface area contributed by atoms with Crippen molar-refractivity contribution >= 4 is 23.2 Å². The van der Waals surface area contributed by atoms with Gasteiger partial charge in [0.05, 0.1) is 17.8 Å². The quantitative estimate of drug-likeness (QED) is 0.670. The van der Waals surface area contributed by atoms with E-state index < -0.39 is 5.91 Å². The van der Waals surface area contributed by atoms with E-state index in [0.717, 1.165) is 22.4 Å². The fourth-order valence-corrected chi connectivity index (χ4v) is 3.81. The molecule has 1 aliphatic heterocycles. The molecule has 1 aromatic carbocycles. The number of carbonyl (C=O) groups is 2. The Balaban J connectivity index is 1.68. The lowest BCUT2D eigenvalue weighted by atomic mass is 10.1. The number of carbonyl (C=O) groups excluding carboxylic acids is 2. The molecule has 0 spiro atoms. The van der Waals surface area contributed by atoms with Gasteiger partial charge in [0.15, 0.2) is 0 Å². The van der Waals surface area contributed by atoms with E-state index in [1.165, 1.54) is 16.9 Å². The maximum atomic E-state index is 12.5. The van der Waals surface area contributed by atoms with Gasteiger partial charge in [0.25, 0.3) is 5.91 Å². The van der Waals surface area contributed by atoms with E-state index in [1.807, 2.05) is 36.1 Å². The van der Waals surface area contributed by atoms with Crippen molar-refractivity contribution in [2.75, 3.05) is 6.54 Å². The SMILES string of the molecule is Cc1ccc(CC(=O)N2CCc3cc(C(=O)NO)sc3C2)cc1. The van der Waals surface area contributed by atoms with Gasteiger partial charge in [-0.2, -0.15) is 0 Å². The number of nitrogens with one attached hydrogen (secondary N) is 1. The van der Waals surface area contributed by atoms with E-state index in [0.29, 0.717) is 24.4 Å². The monoisotopic (exact) mass is 330 g/mol. The Morgan fingerprint density at radius 2 is 2.04 bits per heavy atom. The van der Waals surface area contributed by atoms with Gasteiger partial charge < -0.3 is 4.90 Å². The number of nitrogens with zero attached hydrogens (tertiary/aromatic N) is 1. The zero-order valence-corrected chi connectivity index (χ0v) is 13.7. The van der Waals surface area contributed by atoms with E-state index >= 15 is 0 Å². The number of rotatable bonds is 3. The van der Waals surface area contributed by atoms with E-state index in [2.05, 4.69) is 0 Å². The van der Waals surface area contributed by atoms with Gasteiger partial charge in [-0.3, -0.25) is 14.8 Å². The standard InChI is InChI=1S/C17H18N2O3S/c1-11-2-4-12(5-3-11)8-16(20)19-7-6-13-9-14(17(21)18-22)23-15(13)10-19/h2-5,9,22H,6-8,10H2,1H3,(H,18,21). The van der Waals surface area contributed by atoms with Crippen molar-refractivity contribution in [1.29, 1.82) is 0 Å². The van der Waals surface area contributed by atoms with Gasteiger partial charge in [-0.1, -0.05) is 29.8 Å². The van der Waals surface area contributed by atoms with Crippen molar-refractivity contribution in [3.8, 4) is 0 Å². The van der Waals surface area contributed by atoms with Crippen LogP contribution in [0.1, 0.15) is 31.2 Å². The van der Waals surface area contributed by atoms with Crippen LogP contribution in [0.2, 0.25) is 0 Å². The number of thiophene rings is 1. The molecule has 2 aromatic rings. The molecule has 0 fully saturated rings. The molecule has 2 heterocycles. The predicted molar refractivity (Wildman–Crippen MR) is 87.6 cm³/mol. The molecule has 0 atom stereocenters. The summed E-state index contributed by atoms with van der Waals surface area (Å²) in [6.45, 7) is 3.21. The molecule has 120 valence electrons. The summed E-state index contributed by atoms with van der Waals surface area (Å²) < 4.78 is 0. The van der Waals surface area contributed by atoms with E-state index in [-0.39, 0.29) is 5.91 Å². The van der Waals surface area contributed by atoms with Crippen LogP contribution in [-0.4, -0.2) is 28.5 Å². The van der Waals surface area contributed by atoms with Gasteiger partial charge in [0.1, 0.15) is 0 Å². The van der Waals surface area contributed by atoms with Gasteiger partial charge in [0, 0.05) is 11.4 Å². The van der Waals surface area contributed by atoms with Crippen LogP contribution in [0.5, 0.6) is 0 Å². The van der Waals surface area contributed by atoms with Crippen molar-refractivity contribution in [1.82, 2.24) is 10.4 Å². The molecule has 3 rings (SSSR count). The van der Waals surface area contributed by atoms with Gasteiger partial charge >= 0.3 is 0 Å². The maximum absolute atomic E-state index is 12.5. The normalized spacial score (nSPS) is 13.6. The second-order valence-corrected chi connectivity index (χ2v) is 6.86. The molecule has 5 nitrogen and oxygen atoms in total. The Hall–Kier alpha value is -2.18. The topological polar surface area (TPSA) is 69.6 Å². The van der Waals surface area contributed by atoms with Crippen LogP contribution in [0.4, 0.5) is 0 Å². The Morgan fingerprint density at radius 3 is 2.74 bits per heavy atom. The summed E-state index contributed by atoms with van der Waals surface area (Å²) in [5.74, 6) is -0.400. The highest BCUT2D eigenvalue weighted by Crippen LogP contribution is 2.28. The molecule has 0 aliphatic carbocycles. The lowest BCUT2D eigenvalue weighted by molar-refractivity contribution is -0.131. The number of hydrogen-bond acceptors (Lipinski definition) is 4.